The number of rotatable bonds is 2. The average molecular weight is 296 g/mol. The van der Waals surface area contributed by atoms with Gasteiger partial charge in [0.15, 0.2) is 9.84 Å². The fraction of sp³-hybridized carbons (Fsp3) is 0.571. The third kappa shape index (κ3) is 2.76. The number of ether oxygens (including phenoxy) is 1. The Bertz CT molecular complexity index is 600. The highest BCUT2D eigenvalue weighted by atomic mass is 32.2. The first-order chi connectivity index (χ1) is 9.55. The number of para-hydroxylation sites is 1. The summed E-state index contributed by atoms with van der Waals surface area (Å²) in [4.78, 5) is 2.22. The highest BCUT2D eigenvalue weighted by molar-refractivity contribution is 7.91. The van der Waals surface area contributed by atoms with Crippen molar-refractivity contribution in [2.75, 3.05) is 36.5 Å². The molecule has 0 aromatic heterocycles. The van der Waals surface area contributed by atoms with Crippen LogP contribution in [0.4, 0.5) is 5.69 Å². The zero-order valence-electron chi connectivity index (χ0n) is 11.6. The number of fused-ring (bicyclic) bond motifs is 1. The minimum Gasteiger partial charge on any atom is -0.489 e. The molecule has 0 amide bonds. The molecule has 0 spiro atoms. The lowest BCUT2D eigenvalue weighted by atomic mass is 10.1. The van der Waals surface area contributed by atoms with Gasteiger partial charge in [-0.2, -0.15) is 0 Å². The van der Waals surface area contributed by atoms with Crippen LogP contribution in [0.2, 0.25) is 0 Å². The Morgan fingerprint density at radius 2 is 2.30 bits per heavy atom. The van der Waals surface area contributed by atoms with Crippen LogP contribution in [0.15, 0.2) is 18.2 Å². The van der Waals surface area contributed by atoms with Crippen LogP contribution in [-0.4, -0.2) is 50.6 Å². The molecular formula is C14H20N2O3S. The molecule has 1 fully saturated rings. The molecule has 0 radical (unpaired) electrons. The second-order valence-electron chi connectivity index (χ2n) is 5.50. The number of nitrogens with zero attached hydrogens (tertiary/aromatic N) is 1. The predicted molar refractivity (Wildman–Crippen MR) is 79.0 cm³/mol. The molecule has 1 atom stereocenters. The van der Waals surface area contributed by atoms with Gasteiger partial charge in [-0.05, 0) is 13.0 Å². The van der Waals surface area contributed by atoms with Crippen LogP contribution >= 0.6 is 0 Å². The molecular weight excluding hydrogens is 276 g/mol. The zero-order chi connectivity index (χ0) is 14.2. The van der Waals surface area contributed by atoms with E-state index in [0.717, 1.165) is 30.1 Å². The van der Waals surface area contributed by atoms with Crippen molar-refractivity contribution in [2.45, 2.75) is 19.5 Å². The molecule has 2 aliphatic rings. The number of nitrogens with one attached hydrogen (secondary N) is 1. The number of anilines is 1. The van der Waals surface area contributed by atoms with Crippen molar-refractivity contribution in [1.29, 1.82) is 0 Å². The minimum atomic E-state index is -2.86. The summed E-state index contributed by atoms with van der Waals surface area (Å²) in [5.41, 5.74) is 2.16. The summed E-state index contributed by atoms with van der Waals surface area (Å²) in [6.07, 6.45) is 0. The van der Waals surface area contributed by atoms with Crippen molar-refractivity contribution in [3.8, 4) is 5.75 Å². The Morgan fingerprint density at radius 1 is 1.45 bits per heavy atom. The van der Waals surface area contributed by atoms with Crippen molar-refractivity contribution < 1.29 is 13.2 Å². The van der Waals surface area contributed by atoms with Crippen LogP contribution in [0.1, 0.15) is 12.5 Å². The summed E-state index contributed by atoms with van der Waals surface area (Å²) in [6.45, 7) is 4.82. The van der Waals surface area contributed by atoms with Crippen LogP contribution in [0.25, 0.3) is 0 Å². The van der Waals surface area contributed by atoms with E-state index >= 15 is 0 Å². The first kappa shape index (κ1) is 13.7. The van der Waals surface area contributed by atoms with Crippen LogP contribution in [0.5, 0.6) is 5.75 Å². The zero-order valence-corrected chi connectivity index (χ0v) is 12.4. The molecule has 20 heavy (non-hydrogen) atoms. The molecule has 6 heteroatoms. The summed E-state index contributed by atoms with van der Waals surface area (Å²) in [5, 5.41) is 3.33. The van der Waals surface area contributed by atoms with Crippen LogP contribution < -0.4 is 10.1 Å². The molecule has 3 rings (SSSR count). The van der Waals surface area contributed by atoms with Crippen LogP contribution in [-0.2, 0) is 16.4 Å². The van der Waals surface area contributed by atoms with E-state index in [-0.39, 0.29) is 17.5 Å². The van der Waals surface area contributed by atoms with Crippen molar-refractivity contribution in [3.05, 3.63) is 23.8 Å². The van der Waals surface area contributed by atoms with Crippen LogP contribution in [0.3, 0.4) is 0 Å². The van der Waals surface area contributed by atoms with Crippen molar-refractivity contribution in [2.24, 2.45) is 0 Å². The Balaban J connectivity index is 1.78. The minimum absolute atomic E-state index is 0.0566. The van der Waals surface area contributed by atoms with E-state index in [1.807, 2.05) is 19.1 Å². The van der Waals surface area contributed by atoms with Crippen LogP contribution in [0, 0.1) is 0 Å². The molecule has 0 bridgehead atoms. The Kier molecular flexibility index (Phi) is 3.60. The van der Waals surface area contributed by atoms with Crippen molar-refractivity contribution >= 4 is 15.5 Å². The molecule has 5 nitrogen and oxygen atoms in total. The van der Waals surface area contributed by atoms with Gasteiger partial charge in [0.25, 0.3) is 0 Å². The predicted octanol–water partition coefficient (Wildman–Crippen LogP) is 1.11. The molecule has 2 heterocycles. The Labute approximate surface area is 119 Å². The number of benzene rings is 1. The van der Waals surface area contributed by atoms with Gasteiger partial charge in [-0.15, -0.1) is 0 Å². The summed E-state index contributed by atoms with van der Waals surface area (Å²) in [6, 6.07) is 6.14. The van der Waals surface area contributed by atoms with E-state index in [2.05, 4.69) is 16.3 Å². The molecule has 0 aliphatic carbocycles. The fourth-order valence-electron chi connectivity index (χ4n) is 2.84. The smallest absolute Gasteiger partial charge is 0.153 e. The normalized spacial score (nSPS) is 25.4. The summed E-state index contributed by atoms with van der Waals surface area (Å²) >= 11 is 0. The standard InChI is InChI=1S/C14H20N2O3S/c1-11-10-20(17,18)8-6-16(11)9-12-3-2-4-13-14(12)19-7-5-15-13/h2-4,11,15H,5-10H2,1H3. The molecule has 0 saturated carbocycles. The van der Waals surface area contributed by atoms with Gasteiger partial charge in [-0.1, -0.05) is 12.1 Å². The highest BCUT2D eigenvalue weighted by Gasteiger charge is 2.29. The van der Waals surface area contributed by atoms with E-state index in [0.29, 0.717) is 13.2 Å². The summed E-state index contributed by atoms with van der Waals surface area (Å²) in [7, 11) is -2.86. The lowest BCUT2D eigenvalue weighted by Crippen LogP contribution is -2.46. The van der Waals surface area contributed by atoms with E-state index in [1.165, 1.54) is 0 Å². The van der Waals surface area contributed by atoms with Gasteiger partial charge >= 0.3 is 0 Å². The van der Waals surface area contributed by atoms with Gasteiger partial charge in [-0.3, -0.25) is 4.90 Å². The molecule has 2 aliphatic heterocycles. The maximum absolute atomic E-state index is 11.6. The van der Waals surface area contributed by atoms with Gasteiger partial charge in [0, 0.05) is 31.2 Å². The number of hydrogen-bond acceptors (Lipinski definition) is 5. The second kappa shape index (κ2) is 5.26. The maximum atomic E-state index is 11.6. The third-order valence-electron chi connectivity index (χ3n) is 3.94. The van der Waals surface area contributed by atoms with Gasteiger partial charge in [0.1, 0.15) is 12.4 Å². The van der Waals surface area contributed by atoms with Gasteiger partial charge < -0.3 is 10.1 Å². The molecule has 1 aromatic carbocycles. The van der Waals surface area contributed by atoms with E-state index in [4.69, 9.17) is 4.74 Å². The number of hydrogen-bond donors (Lipinski definition) is 1. The van der Waals surface area contributed by atoms with Gasteiger partial charge in [0.05, 0.1) is 17.2 Å². The van der Waals surface area contributed by atoms with Gasteiger partial charge in [-0.25, -0.2) is 8.42 Å². The summed E-state index contributed by atoms with van der Waals surface area (Å²) < 4.78 is 29.0. The fourth-order valence-corrected chi connectivity index (χ4v) is 4.47. The van der Waals surface area contributed by atoms with Gasteiger partial charge in [0.2, 0.25) is 0 Å². The Morgan fingerprint density at radius 3 is 3.10 bits per heavy atom. The highest BCUT2D eigenvalue weighted by Crippen LogP contribution is 2.32. The molecule has 1 saturated heterocycles. The lowest BCUT2D eigenvalue weighted by molar-refractivity contribution is 0.213. The van der Waals surface area contributed by atoms with E-state index in [1.54, 1.807) is 0 Å². The molecule has 1 unspecified atom stereocenters. The maximum Gasteiger partial charge on any atom is 0.153 e. The monoisotopic (exact) mass is 296 g/mol. The first-order valence-corrected chi connectivity index (χ1v) is 8.80. The lowest BCUT2D eigenvalue weighted by Gasteiger charge is -2.34. The number of sulfone groups is 1. The van der Waals surface area contributed by atoms with E-state index < -0.39 is 9.84 Å². The topological polar surface area (TPSA) is 58.6 Å². The Hall–Kier alpha value is -1.27. The SMILES string of the molecule is CC1CS(=O)(=O)CCN1Cc1cccc2c1OCCN2. The average Bonchev–Trinajstić information content (AvgIpc) is 2.42. The summed E-state index contributed by atoms with van der Waals surface area (Å²) in [5.74, 6) is 1.42. The molecule has 1 aromatic rings. The molecule has 110 valence electrons. The first-order valence-electron chi connectivity index (χ1n) is 6.98. The van der Waals surface area contributed by atoms with E-state index in [9.17, 15) is 8.42 Å². The molecule has 1 N–H and O–H groups in total. The third-order valence-corrected chi connectivity index (χ3v) is 5.74. The van der Waals surface area contributed by atoms with Crippen molar-refractivity contribution in [1.82, 2.24) is 4.90 Å². The quantitative estimate of drug-likeness (QED) is 0.886. The largest absolute Gasteiger partial charge is 0.489 e. The second-order valence-corrected chi connectivity index (χ2v) is 7.73. The van der Waals surface area contributed by atoms with Crippen molar-refractivity contribution in [3.63, 3.8) is 0 Å².